The van der Waals surface area contributed by atoms with E-state index in [2.05, 4.69) is 4.99 Å². The van der Waals surface area contributed by atoms with Crippen LogP contribution in [0.25, 0.3) is 0 Å². The summed E-state index contributed by atoms with van der Waals surface area (Å²) in [5, 5.41) is 0. The highest BCUT2D eigenvalue weighted by molar-refractivity contribution is 7.93. The molecule has 2 heterocycles. The number of hydrogen-bond donors (Lipinski definition) is 1. The number of nitrogens with two attached hydrogens (primary N) is 1. The molecule has 0 aromatic heterocycles. The van der Waals surface area contributed by atoms with Crippen molar-refractivity contribution >= 4 is 21.5 Å². The third-order valence-corrected chi connectivity index (χ3v) is 8.78. The largest absolute Gasteiger partial charge is 0.386 e. The van der Waals surface area contributed by atoms with Crippen molar-refractivity contribution in [2.24, 2.45) is 16.6 Å². The molecule has 2 atom stereocenters. The molecule has 8 heteroatoms. The number of hydrogen-bond acceptors (Lipinski definition) is 6. The van der Waals surface area contributed by atoms with E-state index in [0.717, 1.165) is 12.8 Å². The summed E-state index contributed by atoms with van der Waals surface area (Å²) in [7, 11) is -3.70. The van der Waals surface area contributed by atoms with Gasteiger partial charge in [0.25, 0.3) is 0 Å². The molecular weight excluding hydrogens is 383 g/mol. The number of carbonyl (C=O) groups excluding carboxylic acids is 1. The molecule has 1 aromatic rings. The number of amidine groups is 1. The summed E-state index contributed by atoms with van der Waals surface area (Å²) in [4.78, 5) is 16.7. The second-order valence-corrected chi connectivity index (χ2v) is 10.8. The Morgan fingerprint density at radius 1 is 1.39 bits per heavy atom. The van der Waals surface area contributed by atoms with E-state index in [1.165, 1.54) is 6.07 Å². The van der Waals surface area contributed by atoms with Crippen LogP contribution in [-0.2, 0) is 31.3 Å². The van der Waals surface area contributed by atoms with Gasteiger partial charge in [0.05, 0.1) is 12.4 Å². The molecule has 0 amide bonds. The SMILES string of the molecule is C[C@@]1(c2cc(CC(=O)CC3CC3)ccc2F)CS(=O)(=O)[C@]2(CCOC2)C(N)=N1. The van der Waals surface area contributed by atoms with Gasteiger partial charge in [-0.05, 0) is 49.8 Å². The quantitative estimate of drug-likeness (QED) is 0.802. The van der Waals surface area contributed by atoms with E-state index in [1.54, 1.807) is 19.1 Å². The molecule has 1 aliphatic carbocycles. The number of benzene rings is 1. The molecule has 4 rings (SSSR count). The molecular formula is C20H25FN2O4S. The third-order valence-electron chi connectivity index (χ3n) is 6.11. The molecule has 2 N–H and O–H groups in total. The second-order valence-electron chi connectivity index (χ2n) is 8.50. The second kappa shape index (κ2) is 6.62. The molecule has 6 nitrogen and oxygen atoms in total. The molecule has 3 aliphatic rings. The van der Waals surface area contributed by atoms with Crippen molar-refractivity contribution in [3.63, 3.8) is 0 Å². The van der Waals surface area contributed by atoms with E-state index in [9.17, 15) is 17.6 Å². The van der Waals surface area contributed by atoms with Gasteiger partial charge in [-0.3, -0.25) is 9.79 Å². The third kappa shape index (κ3) is 3.26. The number of Topliss-reactive ketones (excluding diaryl/α,β-unsaturated/α-hetero) is 1. The van der Waals surface area contributed by atoms with Gasteiger partial charge in [0.2, 0.25) is 0 Å². The molecule has 0 radical (unpaired) electrons. The Balaban J connectivity index is 1.68. The zero-order valence-corrected chi connectivity index (χ0v) is 16.7. The predicted molar refractivity (Wildman–Crippen MR) is 103 cm³/mol. The van der Waals surface area contributed by atoms with Crippen molar-refractivity contribution in [3.05, 3.63) is 35.1 Å². The van der Waals surface area contributed by atoms with E-state index >= 15 is 0 Å². The van der Waals surface area contributed by atoms with Crippen molar-refractivity contribution in [1.29, 1.82) is 0 Å². The highest BCUT2D eigenvalue weighted by Crippen LogP contribution is 2.41. The number of ketones is 1. The maximum Gasteiger partial charge on any atom is 0.168 e. The van der Waals surface area contributed by atoms with Gasteiger partial charge in [-0.15, -0.1) is 0 Å². The first kappa shape index (κ1) is 19.5. The van der Waals surface area contributed by atoms with Gasteiger partial charge in [-0.1, -0.05) is 6.07 Å². The number of sulfone groups is 1. The van der Waals surface area contributed by atoms with Crippen LogP contribution in [0.1, 0.15) is 43.7 Å². The van der Waals surface area contributed by atoms with Crippen LogP contribution in [-0.4, -0.2) is 43.8 Å². The normalized spacial score (nSPS) is 31.7. The lowest BCUT2D eigenvalue weighted by molar-refractivity contribution is -0.118. The minimum absolute atomic E-state index is 0.0149. The monoisotopic (exact) mass is 408 g/mol. The lowest BCUT2D eigenvalue weighted by atomic mass is 9.90. The van der Waals surface area contributed by atoms with Crippen LogP contribution >= 0.6 is 0 Å². The topological polar surface area (TPSA) is 98.8 Å². The Kier molecular flexibility index (Phi) is 4.62. The summed E-state index contributed by atoms with van der Waals surface area (Å²) in [5.74, 6) is -0.311. The van der Waals surface area contributed by atoms with Gasteiger partial charge >= 0.3 is 0 Å². The lowest BCUT2D eigenvalue weighted by Gasteiger charge is -2.39. The van der Waals surface area contributed by atoms with Crippen LogP contribution in [0.4, 0.5) is 4.39 Å². The fraction of sp³-hybridized carbons (Fsp3) is 0.600. The Bertz CT molecular complexity index is 949. The maximum atomic E-state index is 14.7. The number of aliphatic imine (C=N–C) groups is 1. The van der Waals surface area contributed by atoms with Gasteiger partial charge in [0.1, 0.15) is 23.0 Å². The zero-order valence-electron chi connectivity index (χ0n) is 15.9. The van der Waals surface area contributed by atoms with Crippen molar-refractivity contribution in [2.75, 3.05) is 19.0 Å². The zero-order chi connectivity index (χ0) is 20.2. The van der Waals surface area contributed by atoms with Gasteiger partial charge < -0.3 is 10.5 Å². The van der Waals surface area contributed by atoms with Gasteiger partial charge in [0.15, 0.2) is 14.6 Å². The molecule has 2 fully saturated rings. The molecule has 1 aromatic carbocycles. The standard InChI is InChI=1S/C20H25FN2O4S/c1-19(12-28(25,26)20(18(22)23-19)6-7-27-11-20)16-10-14(4-5-17(16)21)9-15(24)8-13-2-3-13/h4-5,10,13H,2-3,6-9,11-12H2,1H3,(H2,22,23)/t19-,20-/m0/s1. The van der Waals surface area contributed by atoms with Crippen molar-refractivity contribution in [1.82, 2.24) is 0 Å². The fourth-order valence-electron chi connectivity index (χ4n) is 4.24. The number of nitrogens with zero attached hydrogens (tertiary/aromatic N) is 1. The summed E-state index contributed by atoms with van der Waals surface area (Å²) in [6.45, 7) is 1.87. The van der Waals surface area contributed by atoms with Crippen LogP contribution < -0.4 is 5.73 Å². The van der Waals surface area contributed by atoms with Crippen LogP contribution in [0.2, 0.25) is 0 Å². The van der Waals surface area contributed by atoms with Crippen molar-refractivity contribution < 1.29 is 22.3 Å². The predicted octanol–water partition coefficient (Wildman–Crippen LogP) is 1.90. The maximum absolute atomic E-state index is 14.7. The Morgan fingerprint density at radius 2 is 2.14 bits per heavy atom. The van der Waals surface area contributed by atoms with E-state index in [-0.39, 0.29) is 42.4 Å². The van der Waals surface area contributed by atoms with E-state index in [4.69, 9.17) is 10.5 Å². The van der Waals surface area contributed by atoms with E-state index in [1.807, 2.05) is 0 Å². The summed E-state index contributed by atoms with van der Waals surface area (Å²) in [6.07, 6.45) is 3.21. The first-order valence-electron chi connectivity index (χ1n) is 9.62. The van der Waals surface area contributed by atoms with Gasteiger partial charge in [-0.25, -0.2) is 12.8 Å². The molecule has 152 valence electrons. The molecule has 1 saturated carbocycles. The van der Waals surface area contributed by atoms with E-state index < -0.39 is 25.9 Å². The molecule has 1 spiro atoms. The highest BCUT2D eigenvalue weighted by Gasteiger charge is 2.57. The van der Waals surface area contributed by atoms with Crippen molar-refractivity contribution in [2.45, 2.75) is 49.3 Å². The highest BCUT2D eigenvalue weighted by atomic mass is 32.2. The van der Waals surface area contributed by atoms with Crippen molar-refractivity contribution in [3.8, 4) is 0 Å². The average molecular weight is 408 g/mol. The van der Waals surface area contributed by atoms with Crippen LogP contribution in [0, 0.1) is 11.7 Å². The minimum atomic E-state index is -3.70. The van der Waals surface area contributed by atoms with Gasteiger partial charge in [0, 0.05) is 25.0 Å². The average Bonchev–Trinajstić information content (AvgIpc) is 3.25. The Morgan fingerprint density at radius 3 is 2.75 bits per heavy atom. The number of ether oxygens (including phenoxy) is 1. The first-order chi connectivity index (χ1) is 13.2. The molecule has 0 bridgehead atoms. The van der Waals surface area contributed by atoms with Crippen LogP contribution in [0.5, 0.6) is 0 Å². The van der Waals surface area contributed by atoms with Crippen LogP contribution in [0.15, 0.2) is 23.2 Å². The molecule has 1 saturated heterocycles. The molecule has 2 aliphatic heterocycles. The molecule has 0 unspecified atom stereocenters. The Labute approximate surface area is 164 Å². The Hall–Kier alpha value is -1.80. The molecule has 28 heavy (non-hydrogen) atoms. The fourth-order valence-corrected chi connectivity index (χ4v) is 6.50. The summed E-state index contributed by atoms with van der Waals surface area (Å²) < 4.78 is 44.9. The number of halogens is 1. The van der Waals surface area contributed by atoms with Crippen LogP contribution in [0.3, 0.4) is 0 Å². The van der Waals surface area contributed by atoms with Gasteiger partial charge in [-0.2, -0.15) is 0 Å². The summed E-state index contributed by atoms with van der Waals surface area (Å²) in [6, 6.07) is 4.42. The number of rotatable bonds is 5. The summed E-state index contributed by atoms with van der Waals surface area (Å²) in [5.41, 5.74) is 5.59. The van der Waals surface area contributed by atoms with E-state index in [0.29, 0.717) is 24.5 Å². The lowest BCUT2D eigenvalue weighted by Crippen LogP contribution is -2.58. The number of carbonyl (C=O) groups is 1. The summed E-state index contributed by atoms with van der Waals surface area (Å²) >= 11 is 0. The smallest absolute Gasteiger partial charge is 0.168 e. The first-order valence-corrected chi connectivity index (χ1v) is 11.3. The minimum Gasteiger partial charge on any atom is -0.386 e.